The maximum Gasteiger partial charge on any atom is 0.261 e. The van der Waals surface area contributed by atoms with Crippen LogP contribution in [0.1, 0.15) is 62.5 Å². The lowest BCUT2D eigenvalue weighted by Gasteiger charge is -2.13. The molecule has 0 unspecified atom stereocenters. The number of nitrogens with one attached hydrogen (secondary N) is 2. The van der Waals surface area contributed by atoms with Crippen molar-refractivity contribution < 1.29 is 4.79 Å². The quantitative estimate of drug-likeness (QED) is 0.746. The molecule has 1 heterocycles. The van der Waals surface area contributed by atoms with E-state index in [1.54, 1.807) is 6.07 Å². The maximum atomic E-state index is 12.1. The van der Waals surface area contributed by atoms with Gasteiger partial charge in [-0.15, -0.1) is 0 Å². The van der Waals surface area contributed by atoms with Gasteiger partial charge in [-0.25, -0.2) is 0 Å². The first-order chi connectivity index (χ1) is 9.49. The van der Waals surface area contributed by atoms with Gasteiger partial charge in [0.25, 0.3) is 11.5 Å². The van der Waals surface area contributed by atoms with Crippen molar-refractivity contribution in [1.29, 1.82) is 0 Å². The largest absolute Gasteiger partial charge is 0.349 e. The normalized spacial score (nSPS) is 12.2. The summed E-state index contributed by atoms with van der Waals surface area (Å²) in [5.41, 5.74) is 0.641. The summed E-state index contributed by atoms with van der Waals surface area (Å²) in [6, 6.07) is 1.68. The van der Waals surface area contributed by atoms with Gasteiger partial charge in [-0.2, -0.15) is 0 Å². The number of rotatable bonds is 7. The number of halogens is 1. The molecule has 0 bridgehead atoms. The van der Waals surface area contributed by atoms with Crippen molar-refractivity contribution >= 4 is 21.8 Å². The number of hydrogen-bond donors (Lipinski definition) is 2. The number of amides is 1. The molecule has 5 heteroatoms. The van der Waals surface area contributed by atoms with E-state index in [9.17, 15) is 9.59 Å². The monoisotopic (exact) mass is 342 g/mol. The van der Waals surface area contributed by atoms with Gasteiger partial charge < -0.3 is 10.3 Å². The highest BCUT2D eigenvalue weighted by Crippen LogP contribution is 2.14. The van der Waals surface area contributed by atoms with E-state index in [1.165, 1.54) is 0 Å². The Bertz CT molecular complexity index is 511. The van der Waals surface area contributed by atoms with Crippen molar-refractivity contribution in [3.05, 3.63) is 32.2 Å². The van der Waals surface area contributed by atoms with Crippen molar-refractivity contribution in [2.45, 2.75) is 58.9 Å². The molecule has 2 N–H and O–H groups in total. The maximum absolute atomic E-state index is 12.1. The number of aromatic amines is 1. The second-order valence-corrected chi connectivity index (χ2v) is 5.92. The molecule has 0 aliphatic rings. The Morgan fingerprint density at radius 2 is 2.10 bits per heavy atom. The number of hydrogen-bond acceptors (Lipinski definition) is 2. The molecule has 1 amide bonds. The average molecular weight is 343 g/mol. The van der Waals surface area contributed by atoms with Crippen LogP contribution in [0.5, 0.6) is 0 Å². The predicted octanol–water partition coefficient (Wildman–Crippen LogP) is 3.40. The molecule has 0 fully saturated rings. The molecule has 1 atom stereocenters. The van der Waals surface area contributed by atoms with Gasteiger partial charge >= 0.3 is 0 Å². The first kappa shape index (κ1) is 17.0. The lowest BCUT2D eigenvalue weighted by molar-refractivity contribution is 0.0936. The molecule has 0 spiro atoms. The third-order valence-electron chi connectivity index (χ3n) is 3.28. The first-order valence-electron chi connectivity index (χ1n) is 7.22. The molecule has 1 aromatic rings. The van der Waals surface area contributed by atoms with Crippen LogP contribution in [-0.4, -0.2) is 16.9 Å². The number of aromatic nitrogens is 1. The fourth-order valence-electron chi connectivity index (χ4n) is 2.04. The van der Waals surface area contributed by atoms with Crippen molar-refractivity contribution in [3.8, 4) is 0 Å². The van der Waals surface area contributed by atoms with Crippen LogP contribution in [0.4, 0.5) is 0 Å². The standard InChI is InChI=1S/C15H23BrN2O2/c1-4-6-7-8-10(3)17-14(19)11-9-12(16)13(5-2)18-15(11)20/h9-10H,4-8H2,1-3H3,(H,17,19)(H,18,20)/t10-/m1/s1. The van der Waals surface area contributed by atoms with E-state index in [4.69, 9.17) is 0 Å². The third-order valence-corrected chi connectivity index (χ3v) is 3.99. The summed E-state index contributed by atoms with van der Waals surface area (Å²) < 4.78 is 0.767. The molecular weight excluding hydrogens is 320 g/mol. The van der Waals surface area contributed by atoms with Crippen molar-refractivity contribution in [2.75, 3.05) is 0 Å². The van der Waals surface area contributed by atoms with Crippen molar-refractivity contribution in [3.63, 3.8) is 0 Å². The lowest BCUT2D eigenvalue weighted by atomic mass is 10.1. The summed E-state index contributed by atoms with van der Waals surface area (Å²) in [4.78, 5) is 26.7. The third kappa shape index (κ3) is 4.78. The number of H-pyrrole nitrogens is 1. The Balaban J connectivity index is 2.73. The number of pyridine rings is 1. The van der Waals surface area contributed by atoms with E-state index < -0.39 is 0 Å². The van der Waals surface area contributed by atoms with E-state index in [2.05, 4.69) is 33.2 Å². The van der Waals surface area contributed by atoms with Crippen molar-refractivity contribution in [1.82, 2.24) is 10.3 Å². The van der Waals surface area contributed by atoms with E-state index in [0.717, 1.165) is 35.8 Å². The van der Waals surface area contributed by atoms with Crippen LogP contribution in [-0.2, 0) is 6.42 Å². The average Bonchev–Trinajstić information content (AvgIpc) is 2.41. The second kappa shape index (κ2) is 8.25. The zero-order valence-corrected chi connectivity index (χ0v) is 14.0. The van der Waals surface area contributed by atoms with E-state index in [-0.39, 0.29) is 23.1 Å². The van der Waals surface area contributed by atoms with E-state index in [0.29, 0.717) is 6.42 Å². The molecule has 0 saturated heterocycles. The number of carbonyl (C=O) groups is 1. The van der Waals surface area contributed by atoms with Crippen LogP contribution >= 0.6 is 15.9 Å². The Kier molecular flexibility index (Phi) is 6.99. The molecule has 20 heavy (non-hydrogen) atoms. The van der Waals surface area contributed by atoms with Crippen LogP contribution in [0.2, 0.25) is 0 Å². The number of aryl methyl sites for hydroxylation is 1. The highest BCUT2D eigenvalue weighted by Gasteiger charge is 2.15. The van der Waals surface area contributed by atoms with Gasteiger partial charge in [0.05, 0.1) is 0 Å². The van der Waals surface area contributed by atoms with Gasteiger partial charge in [0, 0.05) is 16.2 Å². The van der Waals surface area contributed by atoms with Crippen molar-refractivity contribution in [2.24, 2.45) is 0 Å². The molecule has 4 nitrogen and oxygen atoms in total. The summed E-state index contributed by atoms with van der Waals surface area (Å²) in [5, 5.41) is 2.88. The van der Waals surface area contributed by atoms with Gasteiger partial charge in [0.1, 0.15) is 5.56 Å². The molecule has 0 aliphatic carbocycles. The van der Waals surface area contributed by atoms with Gasteiger partial charge in [0.2, 0.25) is 0 Å². The van der Waals surface area contributed by atoms with Gasteiger partial charge in [0.15, 0.2) is 0 Å². The minimum Gasteiger partial charge on any atom is -0.349 e. The van der Waals surface area contributed by atoms with E-state index >= 15 is 0 Å². The summed E-state index contributed by atoms with van der Waals surface area (Å²) in [7, 11) is 0. The zero-order chi connectivity index (χ0) is 15.1. The predicted molar refractivity (Wildman–Crippen MR) is 85.2 cm³/mol. The number of carbonyl (C=O) groups excluding carboxylic acids is 1. The molecule has 1 rings (SSSR count). The first-order valence-corrected chi connectivity index (χ1v) is 8.01. The van der Waals surface area contributed by atoms with E-state index in [1.807, 2.05) is 13.8 Å². The van der Waals surface area contributed by atoms with Crippen LogP contribution < -0.4 is 10.9 Å². The van der Waals surface area contributed by atoms with Crippen LogP contribution in [0.25, 0.3) is 0 Å². The SMILES string of the molecule is CCCCC[C@@H](C)NC(=O)c1cc(Br)c(CC)[nH]c1=O. The molecule has 0 aromatic carbocycles. The molecule has 0 aliphatic heterocycles. The highest BCUT2D eigenvalue weighted by atomic mass is 79.9. The molecular formula is C15H23BrN2O2. The zero-order valence-electron chi connectivity index (χ0n) is 12.4. The van der Waals surface area contributed by atoms with Gasteiger partial charge in [-0.1, -0.05) is 33.1 Å². The summed E-state index contributed by atoms with van der Waals surface area (Å²) in [6.07, 6.45) is 5.06. The Morgan fingerprint density at radius 1 is 1.40 bits per heavy atom. The summed E-state index contributed by atoms with van der Waals surface area (Å²) in [5.74, 6) is -0.307. The van der Waals surface area contributed by atoms with Crippen LogP contribution in [0.3, 0.4) is 0 Å². The molecule has 0 saturated carbocycles. The summed E-state index contributed by atoms with van der Waals surface area (Å²) >= 11 is 3.38. The second-order valence-electron chi connectivity index (χ2n) is 5.06. The fourth-order valence-corrected chi connectivity index (χ4v) is 2.65. The highest BCUT2D eigenvalue weighted by molar-refractivity contribution is 9.10. The fraction of sp³-hybridized carbons (Fsp3) is 0.600. The minimum absolute atomic E-state index is 0.0816. The minimum atomic E-state index is -0.330. The molecule has 1 aromatic heterocycles. The topological polar surface area (TPSA) is 62.0 Å². The van der Waals surface area contributed by atoms with Crippen LogP contribution in [0, 0.1) is 0 Å². The summed E-state index contributed by atoms with van der Waals surface area (Å²) in [6.45, 7) is 6.07. The smallest absolute Gasteiger partial charge is 0.261 e. The Labute approximate surface area is 128 Å². The van der Waals surface area contributed by atoms with Gasteiger partial charge in [-0.3, -0.25) is 9.59 Å². The number of unbranched alkanes of at least 4 members (excludes halogenated alkanes) is 2. The Hall–Kier alpha value is -1.10. The van der Waals surface area contributed by atoms with Crippen LogP contribution in [0.15, 0.2) is 15.3 Å². The molecule has 112 valence electrons. The van der Waals surface area contributed by atoms with Gasteiger partial charge in [-0.05, 0) is 41.8 Å². The Morgan fingerprint density at radius 3 is 2.70 bits per heavy atom. The molecule has 0 radical (unpaired) electrons. The lowest BCUT2D eigenvalue weighted by Crippen LogP contribution is -2.36.